The number of carbonyl (C=O) groups is 1. The van der Waals surface area contributed by atoms with Crippen LogP contribution in [0.5, 0.6) is 0 Å². The molecule has 3 aromatic rings. The fourth-order valence-corrected chi connectivity index (χ4v) is 4.99. The predicted octanol–water partition coefficient (Wildman–Crippen LogP) is 3.09. The molecule has 2 heterocycles. The summed E-state index contributed by atoms with van der Waals surface area (Å²) >= 11 is 0. The highest BCUT2D eigenvalue weighted by Crippen LogP contribution is 2.23. The van der Waals surface area contributed by atoms with Gasteiger partial charge in [0.2, 0.25) is 10.0 Å². The molecule has 158 valence electrons. The molecule has 4 rings (SSSR count). The zero-order valence-corrected chi connectivity index (χ0v) is 17.9. The molecule has 0 radical (unpaired) electrons. The molecule has 0 atom stereocenters. The quantitative estimate of drug-likeness (QED) is 0.660. The summed E-state index contributed by atoms with van der Waals surface area (Å²) in [4.78, 5) is 13.0. The number of sulfonamides is 1. The van der Waals surface area contributed by atoms with Crippen molar-refractivity contribution in [3.63, 3.8) is 0 Å². The lowest BCUT2D eigenvalue weighted by atomic mass is 9.98. The average Bonchev–Trinajstić information content (AvgIpc) is 3.11. The summed E-state index contributed by atoms with van der Waals surface area (Å²) in [5, 5.41) is 4.01. The normalized spacial score (nSPS) is 16.0. The van der Waals surface area contributed by atoms with Crippen molar-refractivity contribution in [1.29, 1.82) is 0 Å². The van der Waals surface area contributed by atoms with E-state index in [1.807, 2.05) is 48.7 Å². The van der Waals surface area contributed by atoms with Crippen molar-refractivity contribution in [2.24, 2.45) is 5.92 Å². The zero-order chi connectivity index (χ0) is 21.1. The molecular formula is C23H27N3O3S. The number of hydrogen-bond acceptors (Lipinski definition) is 3. The van der Waals surface area contributed by atoms with Crippen LogP contribution in [0.1, 0.15) is 28.8 Å². The Morgan fingerprint density at radius 1 is 1.03 bits per heavy atom. The summed E-state index contributed by atoms with van der Waals surface area (Å²) in [6.07, 6.45) is 4.71. The van der Waals surface area contributed by atoms with E-state index in [0.717, 1.165) is 23.7 Å². The van der Waals surface area contributed by atoms with Gasteiger partial charge in [-0.1, -0.05) is 48.5 Å². The fraction of sp³-hybridized carbons (Fsp3) is 0.348. The molecule has 0 saturated carbocycles. The third-order valence-electron chi connectivity index (χ3n) is 5.82. The highest BCUT2D eigenvalue weighted by molar-refractivity contribution is 7.88. The van der Waals surface area contributed by atoms with Crippen LogP contribution in [-0.2, 0) is 16.6 Å². The van der Waals surface area contributed by atoms with E-state index in [0.29, 0.717) is 37.7 Å². The number of amides is 1. The number of aromatic nitrogens is 1. The maximum Gasteiger partial charge on any atom is 0.253 e. The molecular weight excluding hydrogens is 398 g/mol. The van der Waals surface area contributed by atoms with Crippen molar-refractivity contribution in [3.8, 4) is 0 Å². The van der Waals surface area contributed by atoms with Crippen molar-refractivity contribution in [1.82, 2.24) is 14.2 Å². The van der Waals surface area contributed by atoms with Crippen LogP contribution < -0.4 is 5.32 Å². The van der Waals surface area contributed by atoms with Crippen LogP contribution in [-0.4, -0.2) is 49.1 Å². The molecule has 30 heavy (non-hydrogen) atoms. The Labute approximate surface area is 177 Å². The lowest BCUT2D eigenvalue weighted by molar-refractivity contribution is 0.0943. The number of rotatable bonds is 6. The topological polar surface area (TPSA) is 71.4 Å². The van der Waals surface area contributed by atoms with Crippen molar-refractivity contribution in [2.45, 2.75) is 19.4 Å². The van der Waals surface area contributed by atoms with Crippen molar-refractivity contribution < 1.29 is 13.2 Å². The van der Waals surface area contributed by atoms with E-state index < -0.39 is 10.0 Å². The second kappa shape index (κ2) is 8.62. The maximum atomic E-state index is 13.0. The van der Waals surface area contributed by atoms with Crippen LogP contribution in [0.25, 0.3) is 10.9 Å². The van der Waals surface area contributed by atoms with Crippen molar-refractivity contribution in [3.05, 3.63) is 71.9 Å². The molecule has 1 amide bonds. The Hall–Kier alpha value is -2.64. The van der Waals surface area contributed by atoms with Crippen LogP contribution >= 0.6 is 0 Å². The molecule has 1 aliphatic rings. The summed E-state index contributed by atoms with van der Waals surface area (Å²) in [5.74, 6) is 0.216. The SMILES string of the molecule is CS(=O)(=O)N1CCC(CNC(=O)c2cn(Cc3ccccc3)c3ccccc23)CC1. The predicted molar refractivity (Wildman–Crippen MR) is 119 cm³/mol. The van der Waals surface area contributed by atoms with Gasteiger partial charge >= 0.3 is 0 Å². The van der Waals surface area contributed by atoms with Crippen LogP contribution in [0, 0.1) is 5.92 Å². The van der Waals surface area contributed by atoms with E-state index in [2.05, 4.69) is 22.0 Å². The molecule has 2 aromatic carbocycles. The van der Waals surface area contributed by atoms with Gasteiger partial charge in [0.05, 0.1) is 11.8 Å². The number of benzene rings is 2. The third kappa shape index (κ3) is 4.57. The van der Waals surface area contributed by atoms with Gasteiger partial charge in [-0.05, 0) is 30.4 Å². The minimum atomic E-state index is -3.13. The molecule has 1 saturated heterocycles. The van der Waals surface area contributed by atoms with E-state index in [4.69, 9.17) is 0 Å². The van der Waals surface area contributed by atoms with Crippen LogP contribution in [0.15, 0.2) is 60.8 Å². The third-order valence-corrected chi connectivity index (χ3v) is 7.13. The highest BCUT2D eigenvalue weighted by atomic mass is 32.2. The van der Waals surface area contributed by atoms with Gasteiger partial charge in [-0.15, -0.1) is 0 Å². The zero-order valence-electron chi connectivity index (χ0n) is 17.1. The molecule has 1 aromatic heterocycles. The molecule has 1 fully saturated rings. The number of piperidine rings is 1. The van der Waals surface area contributed by atoms with Crippen LogP contribution in [0.3, 0.4) is 0 Å². The second-order valence-corrected chi connectivity index (χ2v) is 9.97. The lowest BCUT2D eigenvalue weighted by Crippen LogP contribution is -2.41. The van der Waals surface area contributed by atoms with Crippen LogP contribution in [0.2, 0.25) is 0 Å². The number of hydrogen-bond donors (Lipinski definition) is 1. The van der Waals surface area contributed by atoms with E-state index >= 15 is 0 Å². The Balaban J connectivity index is 1.45. The first-order valence-corrected chi connectivity index (χ1v) is 12.1. The first kappa shape index (κ1) is 20.6. The molecule has 6 nitrogen and oxygen atoms in total. The van der Waals surface area contributed by atoms with Gasteiger partial charge in [0.15, 0.2) is 0 Å². The molecule has 0 bridgehead atoms. The summed E-state index contributed by atoms with van der Waals surface area (Å²) in [7, 11) is -3.13. The molecule has 0 unspecified atom stereocenters. The minimum absolute atomic E-state index is 0.0800. The van der Waals surface area contributed by atoms with Gasteiger partial charge in [-0.2, -0.15) is 0 Å². The van der Waals surface area contributed by atoms with Gasteiger partial charge in [0.1, 0.15) is 0 Å². The fourth-order valence-electron chi connectivity index (χ4n) is 4.12. The Morgan fingerprint density at radius 3 is 2.40 bits per heavy atom. The summed E-state index contributed by atoms with van der Waals surface area (Å²) in [6.45, 7) is 2.32. The number of carbonyl (C=O) groups excluding carboxylic acids is 1. The van der Waals surface area contributed by atoms with E-state index in [1.54, 1.807) is 0 Å². The smallest absolute Gasteiger partial charge is 0.253 e. The highest BCUT2D eigenvalue weighted by Gasteiger charge is 2.25. The maximum absolute atomic E-state index is 13.0. The van der Waals surface area contributed by atoms with Crippen LogP contribution in [0.4, 0.5) is 0 Å². The van der Waals surface area contributed by atoms with Gasteiger partial charge in [-0.3, -0.25) is 4.79 Å². The molecule has 1 N–H and O–H groups in total. The van der Waals surface area contributed by atoms with Gasteiger partial charge < -0.3 is 9.88 Å². The number of para-hydroxylation sites is 1. The van der Waals surface area contributed by atoms with E-state index in [1.165, 1.54) is 16.1 Å². The largest absolute Gasteiger partial charge is 0.352 e. The number of nitrogens with zero attached hydrogens (tertiary/aromatic N) is 2. The Kier molecular flexibility index (Phi) is 5.92. The molecule has 1 aliphatic heterocycles. The molecule has 0 spiro atoms. The van der Waals surface area contributed by atoms with Crippen molar-refractivity contribution >= 4 is 26.8 Å². The van der Waals surface area contributed by atoms with Gasteiger partial charge in [0, 0.05) is 43.3 Å². The summed E-state index contributed by atoms with van der Waals surface area (Å²) in [6, 6.07) is 18.2. The van der Waals surface area contributed by atoms with Gasteiger partial charge in [0.25, 0.3) is 5.91 Å². The summed E-state index contributed by atoms with van der Waals surface area (Å²) < 4.78 is 26.9. The van der Waals surface area contributed by atoms with Gasteiger partial charge in [-0.25, -0.2) is 12.7 Å². The minimum Gasteiger partial charge on any atom is -0.352 e. The molecule has 0 aliphatic carbocycles. The Bertz CT molecular complexity index is 1130. The second-order valence-electron chi connectivity index (χ2n) is 7.99. The number of fused-ring (bicyclic) bond motifs is 1. The van der Waals surface area contributed by atoms with Crippen molar-refractivity contribution in [2.75, 3.05) is 25.9 Å². The van der Waals surface area contributed by atoms with E-state index in [9.17, 15) is 13.2 Å². The number of nitrogens with one attached hydrogen (secondary N) is 1. The first-order valence-electron chi connectivity index (χ1n) is 10.3. The average molecular weight is 426 g/mol. The summed E-state index contributed by atoms with van der Waals surface area (Å²) in [5.41, 5.74) is 2.89. The lowest BCUT2D eigenvalue weighted by Gasteiger charge is -2.30. The first-order chi connectivity index (χ1) is 14.4. The Morgan fingerprint density at radius 2 is 1.70 bits per heavy atom. The molecule has 7 heteroatoms. The van der Waals surface area contributed by atoms with E-state index in [-0.39, 0.29) is 5.91 Å². The monoisotopic (exact) mass is 425 g/mol. The standard InChI is InChI=1S/C23H27N3O3S/c1-30(28,29)26-13-11-18(12-14-26)15-24-23(27)21-17-25(16-19-7-3-2-4-8-19)22-10-6-5-9-20(21)22/h2-10,17-18H,11-16H2,1H3,(H,24,27).